The monoisotopic (exact) mass is 459 g/mol. The van der Waals surface area contributed by atoms with Gasteiger partial charge in [-0.15, -0.1) is 0 Å². The van der Waals surface area contributed by atoms with Gasteiger partial charge in [-0.25, -0.2) is 0 Å². The number of rotatable bonds is 9. The molecule has 1 aliphatic heterocycles. The van der Waals surface area contributed by atoms with Gasteiger partial charge in [-0.1, -0.05) is 51.1 Å². The molecule has 0 bridgehead atoms. The van der Waals surface area contributed by atoms with Crippen LogP contribution in [0.1, 0.15) is 62.0 Å². The van der Waals surface area contributed by atoms with Crippen LogP contribution in [0, 0.1) is 0 Å². The Morgan fingerprint density at radius 2 is 1.58 bits per heavy atom. The minimum Gasteiger partial charge on any atom is -0.488 e. The van der Waals surface area contributed by atoms with E-state index in [1.165, 1.54) is 5.56 Å². The minimum absolute atomic E-state index is 0.0194. The van der Waals surface area contributed by atoms with Crippen LogP contribution in [0.15, 0.2) is 36.4 Å². The van der Waals surface area contributed by atoms with Crippen LogP contribution >= 0.6 is 0 Å². The number of nitrogens with two attached hydrogens (primary N) is 1. The molecule has 1 saturated heterocycles. The molecule has 0 amide bonds. The van der Waals surface area contributed by atoms with Crippen molar-refractivity contribution < 1.29 is 29.9 Å². The first-order valence-corrected chi connectivity index (χ1v) is 11.8. The molecule has 6 N–H and O–H groups in total. The highest BCUT2D eigenvalue weighted by Crippen LogP contribution is 2.38. The molecule has 182 valence electrons. The predicted octanol–water partition coefficient (Wildman–Crippen LogP) is 2.50. The van der Waals surface area contributed by atoms with Gasteiger partial charge in [-0.3, -0.25) is 0 Å². The zero-order valence-corrected chi connectivity index (χ0v) is 19.6. The summed E-state index contributed by atoms with van der Waals surface area (Å²) in [5, 5.41) is 40.7. The maximum Gasteiger partial charge on any atom is 0.143 e. The summed E-state index contributed by atoms with van der Waals surface area (Å²) in [6.07, 6.45) is -3.05. The van der Waals surface area contributed by atoms with Crippen LogP contribution in [0.2, 0.25) is 0 Å². The van der Waals surface area contributed by atoms with Gasteiger partial charge in [-0.05, 0) is 54.0 Å². The van der Waals surface area contributed by atoms with Gasteiger partial charge >= 0.3 is 0 Å². The third-order valence-corrected chi connectivity index (χ3v) is 6.50. The Hall–Kier alpha value is -2.16. The molecule has 3 rings (SSSR count). The highest BCUT2D eigenvalue weighted by atomic mass is 16.5. The summed E-state index contributed by atoms with van der Waals surface area (Å²) in [5.41, 5.74) is 10.8. The van der Waals surface area contributed by atoms with Crippen molar-refractivity contribution in [3.63, 3.8) is 0 Å². The lowest BCUT2D eigenvalue weighted by Crippen LogP contribution is -2.55. The fourth-order valence-electron chi connectivity index (χ4n) is 4.24. The second kappa shape index (κ2) is 11.3. The third kappa shape index (κ3) is 5.67. The number of anilines is 1. The van der Waals surface area contributed by atoms with Crippen LogP contribution in [0.4, 0.5) is 5.69 Å². The molecule has 0 radical (unpaired) electrons. The summed E-state index contributed by atoms with van der Waals surface area (Å²) in [6, 6.07) is 11.9. The smallest absolute Gasteiger partial charge is 0.143 e. The Labute approximate surface area is 195 Å². The van der Waals surface area contributed by atoms with Crippen LogP contribution in [0.5, 0.6) is 5.75 Å². The van der Waals surface area contributed by atoms with E-state index in [-0.39, 0.29) is 6.10 Å². The van der Waals surface area contributed by atoms with Gasteiger partial charge in [0.05, 0.1) is 18.4 Å². The average molecular weight is 460 g/mol. The molecule has 33 heavy (non-hydrogen) atoms. The van der Waals surface area contributed by atoms with E-state index in [1.807, 2.05) is 19.9 Å². The predicted molar refractivity (Wildman–Crippen MR) is 127 cm³/mol. The lowest BCUT2D eigenvalue weighted by atomic mass is 9.89. The van der Waals surface area contributed by atoms with Crippen LogP contribution in [0.3, 0.4) is 0 Å². The molecule has 2 aromatic carbocycles. The first-order chi connectivity index (χ1) is 15.8. The van der Waals surface area contributed by atoms with E-state index in [9.17, 15) is 20.4 Å². The first-order valence-electron chi connectivity index (χ1n) is 11.8. The van der Waals surface area contributed by atoms with Gasteiger partial charge in [0.1, 0.15) is 36.3 Å². The summed E-state index contributed by atoms with van der Waals surface area (Å²) >= 11 is 0. The fraction of sp³-hybridized carbons (Fsp3) is 0.538. The molecule has 7 heteroatoms. The van der Waals surface area contributed by atoms with E-state index in [0.29, 0.717) is 23.4 Å². The number of hydrogen-bond acceptors (Lipinski definition) is 7. The number of aliphatic hydroxyl groups is 4. The molecule has 0 spiro atoms. The molecule has 0 aliphatic carbocycles. The number of benzene rings is 2. The lowest BCUT2D eigenvalue weighted by molar-refractivity contribution is -0.231. The Kier molecular flexibility index (Phi) is 8.73. The molecule has 1 heterocycles. The second-order valence-corrected chi connectivity index (χ2v) is 8.74. The van der Waals surface area contributed by atoms with Gasteiger partial charge in [-0.2, -0.15) is 0 Å². The van der Waals surface area contributed by atoms with Gasteiger partial charge in [0, 0.05) is 0 Å². The Bertz CT molecular complexity index is 896. The molecule has 1 aliphatic rings. The number of hydrogen-bond donors (Lipinski definition) is 5. The van der Waals surface area contributed by atoms with E-state index in [0.717, 1.165) is 30.4 Å². The fourth-order valence-corrected chi connectivity index (χ4v) is 4.24. The third-order valence-electron chi connectivity index (χ3n) is 6.50. The molecule has 1 fully saturated rings. The average Bonchev–Trinajstić information content (AvgIpc) is 2.83. The topological polar surface area (TPSA) is 125 Å². The van der Waals surface area contributed by atoms with Crippen molar-refractivity contribution >= 4 is 5.69 Å². The first kappa shape index (κ1) is 25.5. The molecule has 7 nitrogen and oxygen atoms in total. The van der Waals surface area contributed by atoms with Crippen molar-refractivity contribution in [1.29, 1.82) is 0 Å². The minimum atomic E-state index is -1.45. The molecule has 0 aromatic heterocycles. The van der Waals surface area contributed by atoms with E-state index in [1.54, 1.807) is 6.07 Å². The summed E-state index contributed by atoms with van der Waals surface area (Å²) in [6.45, 7) is 5.71. The standard InChI is InChI=1S/C26H37NO6/c1-4-15-7-9-16(10-8-15)11-17-12-18(13-20(22(17)27)32-19(5-2)6-3)26-25(31)24(30)23(29)21(14-28)33-26/h7-10,12-13,19,21,23-26,28-31H,4-6,11,14,27H2,1-3H3/t21-,23-,24+,25-,26+/m1/s1. The molecule has 5 atom stereocenters. The van der Waals surface area contributed by atoms with Crippen LogP contribution in [-0.4, -0.2) is 57.6 Å². The normalized spacial score (nSPS) is 25.4. The van der Waals surface area contributed by atoms with Crippen LogP contribution < -0.4 is 10.5 Å². The van der Waals surface area contributed by atoms with E-state index < -0.39 is 37.1 Å². The highest BCUT2D eigenvalue weighted by molar-refractivity contribution is 5.62. The Balaban J connectivity index is 2.02. The molecule has 0 saturated carbocycles. The van der Waals surface area contributed by atoms with E-state index in [4.69, 9.17) is 15.2 Å². The summed E-state index contributed by atoms with van der Waals surface area (Å²) in [7, 11) is 0. The molecular formula is C26H37NO6. The van der Waals surface area contributed by atoms with Crippen molar-refractivity contribution in [2.75, 3.05) is 12.3 Å². The van der Waals surface area contributed by atoms with E-state index in [2.05, 4.69) is 31.2 Å². The van der Waals surface area contributed by atoms with Crippen molar-refractivity contribution in [3.8, 4) is 5.75 Å². The van der Waals surface area contributed by atoms with Crippen molar-refractivity contribution in [1.82, 2.24) is 0 Å². The highest BCUT2D eigenvalue weighted by Gasteiger charge is 2.44. The maximum atomic E-state index is 10.7. The second-order valence-electron chi connectivity index (χ2n) is 8.74. The summed E-state index contributed by atoms with van der Waals surface area (Å²) in [5.74, 6) is 0.498. The van der Waals surface area contributed by atoms with Crippen LogP contribution in [0.25, 0.3) is 0 Å². The van der Waals surface area contributed by atoms with Gasteiger partial charge in [0.15, 0.2) is 0 Å². The van der Waals surface area contributed by atoms with Gasteiger partial charge < -0.3 is 35.6 Å². The zero-order valence-electron chi connectivity index (χ0n) is 19.6. The van der Waals surface area contributed by atoms with Crippen molar-refractivity contribution in [3.05, 3.63) is 58.7 Å². The summed E-state index contributed by atoms with van der Waals surface area (Å²) in [4.78, 5) is 0. The van der Waals surface area contributed by atoms with Gasteiger partial charge in [0.2, 0.25) is 0 Å². The SMILES string of the molecule is CCc1ccc(Cc2cc([C@@H]3O[C@H](CO)[C@@H](O)[C@H](O)[C@H]3O)cc(OC(CC)CC)c2N)cc1. The number of ether oxygens (including phenoxy) is 2. The summed E-state index contributed by atoms with van der Waals surface area (Å²) < 4.78 is 12.0. The Morgan fingerprint density at radius 1 is 0.939 bits per heavy atom. The van der Waals surface area contributed by atoms with Crippen molar-refractivity contribution in [2.45, 2.75) is 83.1 Å². The maximum absolute atomic E-state index is 10.7. The molecular weight excluding hydrogens is 422 g/mol. The van der Waals surface area contributed by atoms with E-state index >= 15 is 0 Å². The number of aryl methyl sites for hydroxylation is 1. The Morgan fingerprint density at radius 3 is 2.15 bits per heavy atom. The zero-order chi connectivity index (χ0) is 24.1. The molecule has 0 unspecified atom stereocenters. The largest absolute Gasteiger partial charge is 0.488 e. The number of nitrogen functional groups attached to an aromatic ring is 1. The number of aliphatic hydroxyl groups excluding tert-OH is 4. The quantitative estimate of drug-likeness (QED) is 0.365. The van der Waals surface area contributed by atoms with Crippen molar-refractivity contribution in [2.24, 2.45) is 0 Å². The van der Waals surface area contributed by atoms with Crippen LogP contribution in [-0.2, 0) is 17.6 Å². The molecule has 2 aromatic rings. The lowest BCUT2D eigenvalue weighted by Gasteiger charge is -2.40. The van der Waals surface area contributed by atoms with Gasteiger partial charge in [0.25, 0.3) is 0 Å².